The second-order valence-corrected chi connectivity index (χ2v) is 6.79. The molecule has 0 atom stereocenters. The lowest BCUT2D eigenvalue weighted by molar-refractivity contribution is 0.102. The molecule has 5 aromatic rings. The average molecular weight is 382 g/mol. The molecule has 0 bridgehead atoms. The first kappa shape index (κ1) is 17.1. The van der Waals surface area contributed by atoms with E-state index in [1.807, 2.05) is 54.6 Å². The van der Waals surface area contributed by atoms with Crippen molar-refractivity contribution in [2.45, 2.75) is 0 Å². The van der Waals surface area contributed by atoms with Crippen LogP contribution in [0.3, 0.4) is 0 Å². The lowest BCUT2D eigenvalue weighted by Gasteiger charge is -2.05. The number of rotatable bonds is 4. The molecular formula is C23H18N4O2. The van der Waals surface area contributed by atoms with Crippen molar-refractivity contribution < 1.29 is 9.53 Å². The fraction of sp³-hybridized carbons (Fsp3) is 0.0435. The van der Waals surface area contributed by atoms with Crippen molar-refractivity contribution in [3.05, 3.63) is 78.4 Å². The molecule has 1 amide bonds. The zero-order valence-corrected chi connectivity index (χ0v) is 15.7. The number of carbonyl (C=O) groups excluding carboxylic acids is 1. The van der Waals surface area contributed by atoms with Crippen molar-refractivity contribution >= 4 is 33.4 Å². The highest BCUT2D eigenvalue weighted by Crippen LogP contribution is 2.31. The molecule has 0 aliphatic rings. The maximum atomic E-state index is 12.5. The molecule has 0 saturated carbocycles. The Balaban J connectivity index is 1.52. The fourth-order valence-corrected chi connectivity index (χ4v) is 3.45. The van der Waals surface area contributed by atoms with Crippen molar-refractivity contribution in [1.29, 1.82) is 0 Å². The molecule has 2 aromatic heterocycles. The topological polar surface area (TPSA) is 82.8 Å². The molecule has 0 aliphatic heterocycles. The second-order valence-electron chi connectivity index (χ2n) is 6.79. The van der Waals surface area contributed by atoms with Crippen LogP contribution in [0.25, 0.3) is 33.2 Å². The number of nitrogens with zero attached hydrogens (tertiary/aromatic N) is 1. The number of hydrogen-bond acceptors (Lipinski definition) is 3. The van der Waals surface area contributed by atoms with Gasteiger partial charge in [-0.25, -0.2) is 0 Å². The molecule has 0 radical (unpaired) electrons. The van der Waals surface area contributed by atoms with Crippen molar-refractivity contribution in [1.82, 2.24) is 15.2 Å². The zero-order valence-electron chi connectivity index (χ0n) is 15.7. The number of carbonyl (C=O) groups is 1. The number of fused-ring (bicyclic) bond motifs is 2. The molecule has 0 saturated heterocycles. The smallest absolute Gasteiger partial charge is 0.255 e. The van der Waals surface area contributed by atoms with Gasteiger partial charge < -0.3 is 15.0 Å². The van der Waals surface area contributed by atoms with Crippen LogP contribution in [0.15, 0.2) is 72.8 Å². The highest BCUT2D eigenvalue weighted by molar-refractivity contribution is 6.06. The highest BCUT2D eigenvalue weighted by Gasteiger charge is 2.13. The van der Waals surface area contributed by atoms with E-state index in [1.54, 1.807) is 19.2 Å². The minimum Gasteiger partial charge on any atom is -0.497 e. The molecule has 0 aliphatic carbocycles. The number of hydrogen-bond donors (Lipinski definition) is 3. The Bertz CT molecular complexity index is 1340. The highest BCUT2D eigenvalue weighted by atomic mass is 16.5. The maximum Gasteiger partial charge on any atom is 0.255 e. The van der Waals surface area contributed by atoms with Gasteiger partial charge in [-0.1, -0.05) is 18.2 Å². The van der Waals surface area contributed by atoms with E-state index in [9.17, 15) is 4.79 Å². The largest absolute Gasteiger partial charge is 0.497 e. The van der Waals surface area contributed by atoms with E-state index < -0.39 is 0 Å². The minimum atomic E-state index is -0.146. The van der Waals surface area contributed by atoms with Crippen LogP contribution in [0.4, 0.5) is 5.69 Å². The van der Waals surface area contributed by atoms with E-state index >= 15 is 0 Å². The molecular weight excluding hydrogens is 364 g/mol. The number of aromatic nitrogens is 3. The van der Waals surface area contributed by atoms with Crippen LogP contribution in [0.5, 0.6) is 5.75 Å². The van der Waals surface area contributed by atoms with Gasteiger partial charge in [0.05, 0.1) is 18.3 Å². The number of H-pyrrole nitrogens is 2. The van der Waals surface area contributed by atoms with Gasteiger partial charge in [0.25, 0.3) is 5.91 Å². The summed E-state index contributed by atoms with van der Waals surface area (Å²) in [6, 6.07) is 22.8. The van der Waals surface area contributed by atoms with Crippen LogP contribution in [-0.4, -0.2) is 28.2 Å². The van der Waals surface area contributed by atoms with Crippen LogP contribution in [0, 0.1) is 0 Å². The van der Waals surface area contributed by atoms with Crippen molar-refractivity contribution in [3.63, 3.8) is 0 Å². The zero-order chi connectivity index (χ0) is 19.8. The molecule has 142 valence electrons. The average Bonchev–Trinajstić information content (AvgIpc) is 3.37. The summed E-state index contributed by atoms with van der Waals surface area (Å²) < 4.78 is 5.30. The molecule has 2 heterocycles. The Morgan fingerprint density at radius 3 is 2.66 bits per heavy atom. The molecule has 3 aromatic carbocycles. The molecule has 6 nitrogen and oxygen atoms in total. The minimum absolute atomic E-state index is 0.146. The standard InChI is InChI=1S/C23H18N4O2/c1-29-17-9-7-15-11-21(25-20(15)13-17)22-18-12-16(8-10-19(18)26-27-22)24-23(28)14-5-3-2-4-6-14/h2-13,25H,1H3,(H,24,28)(H,26,27). The Morgan fingerprint density at radius 1 is 0.966 bits per heavy atom. The number of benzene rings is 3. The second kappa shape index (κ2) is 6.83. The Hall–Kier alpha value is -4.06. The van der Waals surface area contributed by atoms with Gasteiger partial charge in [-0.15, -0.1) is 0 Å². The predicted octanol–water partition coefficient (Wildman–Crippen LogP) is 4.97. The third-order valence-electron chi connectivity index (χ3n) is 4.94. The van der Waals surface area contributed by atoms with Gasteiger partial charge in [0, 0.05) is 33.6 Å². The first-order valence-corrected chi connectivity index (χ1v) is 9.23. The summed E-state index contributed by atoms with van der Waals surface area (Å²) in [6.07, 6.45) is 0. The van der Waals surface area contributed by atoms with E-state index in [4.69, 9.17) is 4.74 Å². The van der Waals surface area contributed by atoms with Gasteiger partial charge in [-0.05, 0) is 48.5 Å². The third kappa shape index (κ3) is 3.10. The summed E-state index contributed by atoms with van der Waals surface area (Å²) >= 11 is 0. The summed E-state index contributed by atoms with van der Waals surface area (Å²) in [5, 5.41) is 12.5. The lowest BCUT2D eigenvalue weighted by atomic mass is 10.1. The predicted molar refractivity (Wildman–Crippen MR) is 114 cm³/mol. The van der Waals surface area contributed by atoms with Crippen molar-refractivity contribution in [3.8, 4) is 17.1 Å². The molecule has 5 rings (SSSR count). The molecule has 0 spiro atoms. The van der Waals surface area contributed by atoms with Gasteiger partial charge in [0.2, 0.25) is 0 Å². The van der Waals surface area contributed by atoms with E-state index in [1.165, 1.54) is 0 Å². The summed E-state index contributed by atoms with van der Waals surface area (Å²) in [6.45, 7) is 0. The number of aromatic amines is 2. The van der Waals surface area contributed by atoms with E-state index in [0.29, 0.717) is 11.3 Å². The van der Waals surface area contributed by atoms with Gasteiger partial charge in [-0.3, -0.25) is 9.89 Å². The van der Waals surface area contributed by atoms with Crippen LogP contribution in [0.1, 0.15) is 10.4 Å². The Kier molecular flexibility index (Phi) is 4.02. The van der Waals surface area contributed by atoms with Gasteiger partial charge in [0.15, 0.2) is 0 Å². The summed E-state index contributed by atoms with van der Waals surface area (Å²) in [5.41, 5.74) is 4.89. The summed E-state index contributed by atoms with van der Waals surface area (Å²) in [7, 11) is 1.65. The molecule has 3 N–H and O–H groups in total. The fourth-order valence-electron chi connectivity index (χ4n) is 3.45. The van der Waals surface area contributed by atoms with Gasteiger partial charge >= 0.3 is 0 Å². The number of methoxy groups -OCH3 is 1. The first-order valence-electron chi connectivity index (χ1n) is 9.23. The molecule has 6 heteroatoms. The Labute approximate surface area is 166 Å². The molecule has 29 heavy (non-hydrogen) atoms. The third-order valence-corrected chi connectivity index (χ3v) is 4.94. The van der Waals surface area contributed by atoms with Gasteiger partial charge in [0.1, 0.15) is 11.4 Å². The number of nitrogens with one attached hydrogen (secondary N) is 3. The van der Waals surface area contributed by atoms with Crippen LogP contribution in [-0.2, 0) is 0 Å². The quantitative estimate of drug-likeness (QED) is 0.410. The van der Waals surface area contributed by atoms with Crippen molar-refractivity contribution in [2.24, 2.45) is 0 Å². The normalized spacial score (nSPS) is 11.1. The maximum absolute atomic E-state index is 12.5. The summed E-state index contributed by atoms with van der Waals surface area (Å²) in [4.78, 5) is 15.9. The monoisotopic (exact) mass is 382 g/mol. The van der Waals surface area contributed by atoms with Crippen LogP contribution >= 0.6 is 0 Å². The molecule has 0 unspecified atom stereocenters. The number of anilines is 1. The van der Waals surface area contributed by atoms with E-state index in [-0.39, 0.29) is 5.91 Å². The Morgan fingerprint density at radius 2 is 1.83 bits per heavy atom. The lowest BCUT2D eigenvalue weighted by Crippen LogP contribution is -2.11. The SMILES string of the molecule is COc1ccc2cc(-c3n[nH]c4ccc(NC(=O)c5ccccc5)cc34)[nH]c2c1. The van der Waals surface area contributed by atoms with Crippen LogP contribution < -0.4 is 10.1 Å². The molecule has 0 fully saturated rings. The van der Waals surface area contributed by atoms with Crippen LogP contribution in [0.2, 0.25) is 0 Å². The van der Waals surface area contributed by atoms with E-state index in [0.717, 1.165) is 38.9 Å². The number of ether oxygens (including phenoxy) is 1. The number of amides is 1. The van der Waals surface area contributed by atoms with Gasteiger partial charge in [-0.2, -0.15) is 5.10 Å². The van der Waals surface area contributed by atoms with E-state index in [2.05, 4.69) is 26.6 Å². The van der Waals surface area contributed by atoms with Crippen molar-refractivity contribution in [2.75, 3.05) is 12.4 Å². The summed E-state index contributed by atoms with van der Waals surface area (Å²) in [5.74, 6) is 0.649. The first-order chi connectivity index (χ1) is 14.2.